The quantitative estimate of drug-likeness (QED) is 0.418. The second kappa shape index (κ2) is 13.6. The molecule has 2 fully saturated rings. The highest BCUT2D eigenvalue weighted by Gasteiger charge is 2.44. The van der Waals surface area contributed by atoms with Crippen molar-refractivity contribution in [2.45, 2.75) is 69.2 Å². The van der Waals surface area contributed by atoms with Crippen molar-refractivity contribution in [2.75, 3.05) is 39.8 Å². The number of piperazine rings is 1. The number of nitrogens with one attached hydrogen (secondary N) is 1. The van der Waals surface area contributed by atoms with E-state index >= 15 is 0 Å². The number of carbonyl (C=O) groups excluding carboxylic acids is 3. The number of β-amino-alcohol motifs (C(OH)–C–C–N with tert-alkyl or cyclic N) is 1. The lowest BCUT2D eigenvalue weighted by atomic mass is 10.0. The molecule has 1 unspecified atom stereocenters. The van der Waals surface area contributed by atoms with Crippen molar-refractivity contribution in [2.24, 2.45) is 0 Å². The summed E-state index contributed by atoms with van der Waals surface area (Å²) in [5.41, 5.74) is 0.684. The van der Waals surface area contributed by atoms with Crippen LogP contribution in [0.1, 0.15) is 38.3 Å². The first-order valence-electron chi connectivity index (χ1n) is 14.7. The largest absolute Gasteiger partial charge is 0.458 e. The zero-order chi connectivity index (χ0) is 32.2. The molecule has 0 aliphatic carbocycles. The average Bonchev–Trinajstić information content (AvgIpc) is 3.36. The van der Waals surface area contributed by atoms with Gasteiger partial charge in [-0.15, -0.1) is 0 Å². The molecule has 0 aromatic heterocycles. The Morgan fingerprint density at radius 2 is 1.61 bits per heavy atom. The second-order valence-electron chi connectivity index (χ2n) is 12.4. The summed E-state index contributed by atoms with van der Waals surface area (Å²) in [5.74, 6) is -1.07. The van der Waals surface area contributed by atoms with Gasteiger partial charge in [-0.2, -0.15) is 4.31 Å². The van der Waals surface area contributed by atoms with Gasteiger partial charge in [-0.05, 0) is 64.6 Å². The van der Waals surface area contributed by atoms with E-state index < -0.39 is 51.8 Å². The molecule has 0 radical (unpaired) electrons. The van der Waals surface area contributed by atoms with Crippen molar-refractivity contribution in [3.63, 3.8) is 0 Å². The molecule has 2 aromatic rings. The number of esters is 1. The maximum absolute atomic E-state index is 13.5. The van der Waals surface area contributed by atoms with E-state index in [-0.39, 0.29) is 24.3 Å². The Bertz CT molecular complexity index is 1430. The molecule has 3 atom stereocenters. The fourth-order valence-corrected chi connectivity index (χ4v) is 6.69. The van der Waals surface area contributed by atoms with Crippen LogP contribution in [-0.2, 0) is 30.8 Å². The van der Waals surface area contributed by atoms with Crippen molar-refractivity contribution >= 4 is 28.0 Å². The third-order valence-electron chi connectivity index (χ3n) is 7.50. The van der Waals surface area contributed by atoms with E-state index in [1.54, 1.807) is 62.1 Å². The van der Waals surface area contributed by atoms with E-state index in [0.717, 1.165) is 23.0 Å². The summed E-state index contributed by atoms with van der Waals surface area (Å²) in [6.45, 7) is 9.38. The molecule has 2 aromatic carbocycles. The van der Waals surface area contributed by atoms with Gasteiger partial charge in [-0.1, -0.05) is 29.8 Å². The number of aryl methyl sites for hydroxylation is 1. The fourth-order valence-electron chi connectivity index (χ4n) is 5.05. The van der Waals surface area contributed by atoms with Gasteiger partial charge in [0.2, 0.25) is 15.9 Å². The Kier molecular flexibility index (Phi) is 10.3. The third kappa shape index (κ3) is 8.56. The summed E-state index contributed by atoms with van der Waals surface area (Å²) in [5, 5.41) is 13.0. The van der Waals surface area contributed by atoms with Crippen molar-refractivity contribution in [1.29, 1.82) is 0 Å². The number of aliphatic hydroxyl groups excluding tert-OH is 1. The first-order chi connectivity index (χ1) is 20.6. The Morgan fingerprint density at radius 1 is 1.00 bits per heavy atom. The number of nitrogens with zero attached hydrogens (tertiary/aromatic N) is 3. The van der Waals surface area contributed by atoms with Crippen molar-refractivity contribution in [3.8, 4) is 5.75 Å². The molecule has 2 aliphatic heterocycles. The molecule has 0 spiro atoms. The van der Waals surface area contributed by atoms with Gasteiger partial charge in [-0.3, -0.25) is 4.79 Å². The van der Waals surface area contributed by atoms with Crippen LogP contribution in [0.3, 0.4) is 0 Å². The number of ether oxygens (including phenoxy) is 2. The van der Waals surface area contributed by atoms with Crippen LogP contribution in [0.4, 0.5) is 4.79 Å². The van der Waals surface area contributed by atoms with Crippen molar-refractivity contribution in [1.82, 2.24) is 19.4 Å². The Hall–Kier alpha value is -3.52. The van der Waals surface area contributed by atoms with E-state index in [4.69, 9.17) is 9.47 Å². The number of hydrogen-bond acceptors (Lipinski definition) is 9. The first-order valence-corrected chi connectivity index (χ1v) is 16.1. The van der Waals surface area contributed by atoms with Crippen LogP contribution in [0.5, 0.6) is 5.75 Å². The van der Waals surface area contributed by atoms with Gasteiger partial charge in [0.25, 0.3) is 0 Å². The molecule has 0 saturated carbocycles. The first kappa shape index (κ1) is 33.4. The van der Waals surface area contributed by atoms with Gasteiger partial charge in [-0.25, -0.2) is 18.0 Å². The highest BCUT2D eigenvalue weighted by Crippen LogP contribution is 2.27. The monoisotopic (exact) mass is 630 g/mol. The van der Waals surface area contributed by atoms with Gasteiger partial charge < -0.3 is 29.7 Å². The number of sulfonamides is 1. The molecule has 0 bridgehead atoms. The Labute approximate surface area is 259 Å². The molecular formula is C31H42N4O8S. The maximum Gasteiger partial charge on any atom is 0.415 e. The van der Waals surface area contributed by atoms with Crippen LogP contribution >= 0.6 is 0 Å². The lowest BCUT2D eigenvalue weighted by molar-refractivity contribution is -0.158. The number of benzene rings is 2. The molecule has 2 N–H and O–H groups in total. The smallest absolute Gasteiger partial charge is 0.415 e. The Balaban J connectivity index is 1.48. The topological polar surface area (TPSA) is 146 Å². The van der Waals surface area contributed by atoms with Crippen LogP contribution in [-0.4, -0.2) is 109 Å². The predicted octanol–water partition coefficient (Wildman–Crippen LogP) is 1.93. The van der Waals surface area contributed by atoms with Gasteiger partial charge in [0, 0.05) is 45.6 Å². The molecule has 2 heterocycles. The van der Waals surface area contributed by atoms with Crippen LogP contribution < -0.4 is 10.1 Å². The summed E-state index contributed by atoms with van der Waals surface area (Å²) in [6, 6.07) is 10.4. The molecule has 2 aliphatic rings. The van der Waals surface area contributed by atoms with Crippen molar-refractivity contribution in [3.05, 3.63) is 59.7 Å². The number of carbonyl (C=O) groups is 3. The van der Waals surface area contributed by atoms with Gasteiger partial charge >= 0.3 is 12.1 Å². The Morgan fingerprint density at radius 3 is 2.20 bits per heavy atom. The minimum Gasteiger partial charge on any atom is -0.458 e. The number of amides is 2. The molecule has 240 valence electrons. The minimum atomic E-state index is -4.10. The normalized spacial score (nSPS) is 20.6. The number of aliphatic hydroxyl groups is 1. The van der Waals surface area contributed by atoms with Crippen molar-refractivity contribution < 1.29 is 37.4 Å². The second-order valence-corrected chi connectivity index (χ2v) is 14.3. The highest BCUT2D eigenvalue weighted by molar-refractivity contribution is 7.89. The minimum absolute atomic E-state index is 0.00658. The SMILES string of the molecule is Cc1ccc(S(=O)(=O)N2CC(O)C[C@H]2C(=O)N[C@@H](Cc2ccc(OC(=O)N3CCN(C)CC3)cc2)C(=O)OC(C)(C)C)cc1. The number of rotatable bonds is 8. The average molecular weight is 631 g/mol. The third-order valence-corrected chi connectivity index (χ3v) is 9.39. The summed E-state index contributed by atoms with van der Waals surface area (Å²) in [6.07, 6.45) is -1.57. The van der Waals surface area contributed by atoms with Crippen LogP contribution in [0.2, 0.25) is 0 Å². The fraction of sp³-hybridized carbons (Fsp3) is 0.516. The zero-order valence-corrected chi connectivity index (χ0v) is 26.7. The lowest BCUT2D eigenvalue weighted by Gasteiger charge is -2.31. The molecule has 12 nitrogen and oxygen atoms in total. The summed E-state index contributed by atoms with van der Waals surface area (Å²) in [7, 11) is -2.11. The lowest BCUT2D eigenvalue weighted by Crippen LogP contribution is -2.52. The summed E-state index contributed by atoms with van der Waals surface area (Å²) in [4.78, 5) is 43.1. The molecule has 2 saturated heterocycles. The van der Waals surface area contributed by atoms with Gasteiger partial charge in [0.05, 0.1) is 11.0 Å². The van der Waals surface area contributed by atoms with E-state index in [1.165, 1.54) is 12.1 Å². The van der Waals surface area contributed by atoms with Crippen LogP contribution in [0, 0.1) is 6.92 Å². The van der Waals surface area contributed by atoms with E-state index in [9.17, 15) is 27.9 Å². The molecule has 13 heteroatoms. The number of hydrogen-bond donors (Lipinski definition) is 2. The van der Waals surface area contributed by atoms with Crippen LogP contribution in [0.25, 0.3) is 0 Å². The van der Waals surface area contributed by atoms with E-state index in [0.29, 0.717) is 24.4 Å². The van der Waals surface area contributed by atoms with Crippen LogP contribution in [0.15, 0.2) is 53.4 Å². The predicted molar refractivity (Wildman–Crippen MR) is 162 cm³/mol. The molecule has 44 heavy (non-hydrogen) atoms. The molecule has 2 amide bonds. The number of likely N-dealkylation sites (N-methyl/N-ethyl adjacent to an activating group) is 1. The standard InChI is InChI=1S/C31H42N4O8S/c1-21-6-12-25(13-7-21)44(40,41)35-20-23(36)19-27(35)28(37)32-26(29(38)43-31(2,3)4)18-22-8-10-24(11-9-22)42-30(39)34-16-14-33(5)15-17-34/h6-13,23,26-27,36H,14-20H2,1-5H3,(H,32,37)/t23?,26-,27-/m0/s1. The summed E-state index contributed by atoms with van der Waals surface area (Å²) < 4.78 is 38.9. The van der Waals surface area contributed by atoms with Gasteiger partial charge in [0.1, 0.15) is 23.4 Å². The zero-order valence-electron chi connectivity index (χ0n) is 25.9. The molecule has 4 rings (SSSR count). The highest BCUT2D eigenvalue weighted by atomic mass is 32.2. The maximum atomic E-state index is 13.5. The van der Waals surface area contributed by atoms with E-state index in [2.05, 4.69) is 10.2 Å². The van der Waals surface area contributed by atoms with Gasteiger partial charge in [0.15, 0.2) is 0 Å². The van der Waals surface area contributed by atoms with E-state index in [1.807, 2.05) is 14.0 Å². The molecular weight excluding hydrogens is 588 g/mol. The summed E-state index contributed by atoms with van der Waals surface area (Å²) >= 11 is 0.